The van der Waals surface area contributed by atoms with Crippen LogP contribution in [-0.4, -0.2) is 42.8 Å². The maximum atomic E-state index is 12.4. The lowest BCUT2D eigenvalue weighted by Gasteiger charge is -2.11. The molecule has 1 saturated heterocycles. The molecular weight excluding hydrogens is 374 g/mol. The predicted octanol–water partition coefficient (Wildman–Crippen LogP) is 2.49. The van der Waals surface area contributed by atoms with Crippen LogP contribution in [0.2, 0.25) is 0 Å². The van der Waals surface area contributed by atoms with Gasteiger partial charge in [0.05, 0.1) is 25.5 Å². The van der Waals surface area contributed by atoms with Crippen LogP contribution in [0.5, 0.6) is 11.5 Å². The van der Waals surface area contributed by atoms with Crippen LogP contribution in [0.1, 0.15) is 35.4 Å². The molecule has 2 aromatic rings. The highest BCUT2D eigenvalue weighted by Gasteiger charge is 2.32. The van der Waals surface area contributed by atoms with Gasteiger partial charge in [-0.2, -0.15) is 0 Å². The van der Waals surface area contributed by atoms with Gasteiger partial charge in [-0.3, -0.25) is 14.4 Å². The number of imide groups is 1. The zero-order valence-electron chi connectivity index (χ0n) is 14.8. The lowest BCUT2D eigenvalue weighted by atomic mass is 10.1. The van der Waals surface area contributed by atoms with Gasteiger partial charge in [0.1, 0.15) is 0 Å². The second-order valence-corrected chi connectivity index (χ2v) is 6.91. The topological polar surface area (TPSA) is 99.2 Å². The Bertz CT molecular complexity index is 876. The Labute approximate surface area is 158 Å². The lowest BCUT2D eigenvalue weighted by molar-refractivity contribution is -0.197. The minimum absolute atomic E-state index is 0.0275. The molecule has 0 atom stereocenters. The Hall–Kier alpha value is -2.94. The number of nitrogens with zero attached hydrogens (tertiary/aromatic N) is 1. The third-order valence-corrected chi connectivity index (χ3v) is 5.19. The molecule has 1 aliphatic heterocycles. The van der Waals surface area contributed by atoms with Gasteiger partial charge in [0.15, 0.2) is 17.3 Å². The Morgan fingerprint density at radius 2 is 1.63 bits per heavy atom. The zero-order valence-corrected chi connectivity index (χ0v) is 15.6. The first-order valence-corrected chi connectivity index (χ1v) is 9.00. The van der Waals surface area contributed by atoms with Crippen molar-refractivity contribution >= 4 is 45.0 Å². The summed E-state index contributed by atoms with van der Waals surface area (Å²) in [4.78, 5) is 52.3. The molecule has 8 nitrogen and oxygen atoms in total. The number of benzene rings is 1. The lowest BCUT2D eigenvalue weighted by Crippen LogP contribution is -2.32. The van der Waals surface area contributed by atoms with Crippen LogP contribution in [0, 0.1) is 0 Å². The van der Waals surface area contributed by atoms with E-state index >= 15 is 0 Å². The van der Waals surface area contributed by atoms with Crippen molar-refractivity contribution in [2.75, 3.05) is 14.2 Å². The smallest absolute Gasteiger partial charge is 0.333 e. The summed E-state index contributed by atoms with van der Waals surface area (Å²) in [7, 11) is 3.06. The van der Waals surface area contributed by atoms with Crippen LogP contribution in [-0.2, 0) is 19.2 Å². The quantitative estimate of drug-likeness (QED) is 0.528. The Morgan fingerprint density at radius 1 is 1.00 bits per heavy atom. The fraction of sp³-hybridized carbons (Fsp3) is 0.333. The third-order valence-electron chi connectivity index (χ3n) is 4.05. The third kappa shape index (κ3) is 3.92. The van der Waals surface area contributed by atoms with Crippen LogP contribution in [0.15, 0.2) is 18.2 Å². The second-order valence-electron chi connectivity index (χ2n) is 5.82. The fourth-order valence-electron chi connectivity index (χ4n) is 2.65. The van der Waals surface area contributed by atoms with Crippen LogP contribution in [0.3, 0.4) is 0 Å². The minimum Gasteiger partial charge on any atom is -0.493 e. The minimum atomic E-state index is -0.795. The highest BCUT2D eigenvalue weighted by Crippen LogP contribution is 2.36. The Morgan fingerprint density at radius 3 is 2.26 bits per heavy atom. The standard InChI is InChI=1S/C18H17NO7S/c1-24-12-7-10-8-15(27-14(10)9-13(12)25-2)11(20)3-6-18(23)26-19-16(21)4-5-17(19)22/h7-9H,3-6H2,1-2H3. The van der Waals surface area contributed by atoms with Crippen molar-refractivity contribution in [2.24, 2.45) is 0 Å². The molecule has 0 aliphatic carbocycles. The van der Waals surface area contributed by atoms with Crippen molar-refractivity contribution in [3.8, 4) is 11.5 Å². The molecule has 2 heterocycles. The molecule has 2 amide bonds. The van der Waals surface area contributed by atoms with Crippen molar-refractivity contribution in [1.29, 1.82) is 0 Å². The number of ketones is 1. The number of carbonyl (C=O) groups excluding carboxylic acids is 4. The van der Waals surface area contributed by atoms with E-state index in [1.165, 1.54) is 25.6 Å². The van der Waals surface area contributed by atoms with Gasteiger partial charge in [0.2, 0.25) is 0 Å². The highest BCUT2D eigenvalue weighted by molar-refractivity contribution is 7.20. The molecule has 0 N–H and O–H groups in total. The second kappa shape index (κ2) is 7.75. The van der Waals surface area contributed by atoms with Gasteiger partial charge in [-0.1, -0.05) is 0 Å². The summed E-state index contributed by atoms with van der Waals surface area (Å²) < 4.78 is 11.4. The number of thiophene rings is 1. The normalized spacial score (nSPS) is 13.9. The monoisotopic (exact) mass is 391 g/mol. The van der Waals surface area contributed by atoms with E-state index in [0.717, 1.165) is 10.1 Å². The average molecular weight is 391 g/mol. The van der Waals surface area contributed by atoms with E-state index in [9.17, 15) is 19.2 Å². The van der Waals surface area contributed by atoms with E-state index in [1.807, 2.05) is 0 Å². The van der Waals surface area contributed by atoms with Crippen LogP contribution < -0.4 is 9.47 Å². The number of rotatable bonds is 7. The average Bonchev–Trinajstić information content (AvgIpc) is 3.22. The van der Waals surface area contributed by atoms with E-state index in [4.69, 9.17) is 14.3 Å². The first-order valence-electron chi connectivity index (χ1n) is 8.18. The van der Waals surface area contributed by atoms with Crippen LogP contribution in [0.25, 0.3) is 10.1 Å². The molecule has 1 aromatic carbocycles. The van der Waals surface area contributed by atoms with Gasteiger partial charge in [0.25, 0.3) is 11.8 Å². The fourth-order valence-corrected chi connectivity index (χ4v) is 3.69. The van der Waals surface area contributed by atoms with Gasteiger partial charge in [0, 0.05) is 30.0 Å². The zero-order chi connectivity index (χ0) is 19.6. The summed E-state index contributed by atoms with van der Waals surface area (Å²) in [6, 6.07) is 5.29. The summed E-state index contributed by atoms with van der Waals surface area (Å²) in [6.07, 6.45) is -0.258. The summed E-state index contributed by atoms with van der Waals surface area (Å²) in [6.45, 7) is 0. The number of methoxy groups -OCH3 is 2. The number of hydrogen-bond acceptors (Lipinski definition) is 8. The maximum Gasteiger partial charge on any atom is 0.333 e. The van der Waals surface area contributed by atoms with Crippen molar-refractivity contribution in [3.63, 3.8) is 0 Å². The molecule has 0 bridgehead atoms. The molecule has 1 aliphatic rings. The summed E-state index contributed by atoms with van der Waals surface area (Å²) in [5, 5.41) is 1.31. The number of hydrogen-bond donors (Lipinski definition) is 0. The molecule has 9 heteroatoms. The largest absolute Gasteiger partial charge is 0.493 e. The van der Waals surface area contributed by atoms with E-state index in [0.29, 0.717) is 21.4 Å². The van der Waals surface area contributed by atoms with Gasteiger partial charge < -0.3 is 14.3 Å². The highest BCUT2D eigenvalue weighted by atomic mass is 32.1. The van der Waals surface area contributed by atoms with Crippen molar-refractivity contribution in [2.45, 2.75) is 25.7 Å². The number of carbonyl (C=O) groups is 4. The molecule has 1 fully saturated rings. The number of ether oxygens (including phenoxy) is 2. The molecule has 27 heavy (non-hydrogen) atoms. The molecule has 142 valence electrons. The number of Topliss-reactive ketones (excluding diaryl/α,β-unsaturated/α-hetero) is 1. The molecule has 0 unspecified atom stereocenters. The first-order chi connectivity index (χ1) is 12.9. The Balaban J connectivity index is 1.64. The summed E-state index contributed by atoms with van der Waals surface area (Å²) >= 11 is 1.28. The molecule has 1 aromatic heterocycles. The van der Waals surface area contributed by atoms with Crippen LogP contribution >= 0.6 is 11.3 Å². The molecule has 0 radical (unpaired) electrons. The van der Waals surface area contributed by atoms with Gasteiger partial charge in [-0.25, -0.2) is 4.79 Å². The Kier molecular flexibility index (Phi) is 5.41. The van der Waals surface area contributed by atoms with E-state index in [1.54, 1.807) is 18.2 Å². The maximum absolute atomic E-state index is 12.4. The van der Waals surface area contributed by atoms with Crippen molar-refractivity contribution in [3.05, 3.63) is 23.1 Å². The van der Waals surface area contributed by atoms with E-state index in [-0.39, 0.29) is 31.5 Å². The number of amides is 2. The molecule has 0 saturated carbocycles. The van der Waals surface area contributed by atoms with E-state index < -0.39 is 17.8 Å². The van der Waals surface area contributed by atoms with Gasteiger partial charge in [-0.05, 0) is 17.5 Å². The summed E-state index contributed by atoms with van der Waals surface area (Å²) in [5.41, 5.74) is 0. The summed E-state index contributed by atoms with van der Waals surface area (Å²) in [5.74, 6) is -1.000. The predicted molar refractivity (Wildman–Crippen MR) is 95.7 cm³/mol. The molecular formula is C18H17NO7S. The first kappa shape index (κ1) is 18.8. The van der Waals surface area contributed by atoms with Gasteiger partial charge >= 0.3 is 5.97 Å². The van der Waals surface area contributed by atoms with Gasteiger partial charge in [-0.15, -0.1) is 16.4 Å². The van der Waals surface area contributed by atoms with Crippen molar-refractivity contribution < 1.29 is 33.5 Å². The molecule has 0 spiro atoms. The SMILES string of the molecule is COc1cc2cc(C(=O)CCC(=O)ON3C(=O)CCC3=O)sc2cc1OC. The van der Waals surface area contributed by atoms with E-state index in [2.05, 4.69) is 0 Å². The number of fused-ring (bicyclic) bond motifs is 1. The van der Waals surface area contributed by atoms with Crippen LogP contribution in [0.4, 0.5) is 0 Å². The van der Waals surface area contributed by atoms with Crippen molar-refractivity contribution in [1.82, 2.24) is 5.06 Å². The number of hydroxylamine groups is 2. The molecule has 3 rings (SSSR count).